The Morgan fingerprint density at radius 2 is 1.16 bits per heavy atom. The molecule has 0 saturated carbocycles. The molecule has 126 valence electrons. The smallest absolute Gasteiger partial charge is 0.234 e. The van der Waals surface area contributed by atoms with Gasteiger partial charge in [-0.15, -0.1) is 0 Å². The summed E-state index contributed by atoms with van der Waals surface area (Å²) in [4.78, 5) is 27.8. The summed E-state index contributed by atoms with van der Waals surface area (Å²) in [7, 11) is 0. The molecule has 1 heterocycles. The molecule has 3 aliphatic carbocycles. The van der Waals surface area contributed by atoms with E-state index in [9.17, 15) is 9.59 Å². The average Bonchev–Trinajstić information content (AvgIpc) is 2.91. The van der Waals surface area contributed by atoms with Crippen molar-refractivity contribution in [3.63, 3.8) is 0 Å². The highest BCUT2D eigenvalue weighted by Crippen LogP contribution is 2.60. The molecule has 0 aromatic heterocycles. The Labute approximate surface area is 155 Å². The molecule has 3 nitrogen and oxygen atoms in total. The van der Waals surface area contributed by atoms with Crippen LogP contribution < -0.4 is 0 Å². The van der Waals surface area contributed by atoms with Gasteiger partial charge in [-0.2, -0.15) is 0 Å². The zero-order valence-corrected chi connectivity index (χ0v) is 15.3. The quantitative estimate of drug-likeness (QED) is 0.587. The van der Waals surface area contributed by atoms with E-state index in [1.54, 1.807) is 0 Å². The average molecular weight is 396 g/mol. The number of rotatable bonds is 3. The number of hydrogen-bond acceptors (Lipinski definition) is 2. The van der Waals surface area contributed by atoms with E-state index >= 15 is 0 Å². The minimum Gasteiger partial charge on any atom is -0.282 e. The third-order valence-electron chi connectivity index (χ3n) is 6.06. The molecule has 2 atom stereocenters. The van der Waals surface area contributed by atoms with E-state index in [-0.39, 0.29) is 35.5 Å². The van der Waals surface area contributed by atoms with Crippen LogP contribution in [-0.2, 0) is 9.59 Å². The molecule has 1 saturated heterocycles. The molecule has 6 rings (SSSR count). The normalized spacial score (nSPS) is 28.8. The minimum absolute atomic E-state index is 0.00724. The highest BCUT2D eigenvalue weighted by molar-refractivity contribution is 9.09. The van der Waals surface area contributed by atoms with E-state index < -0.39 is 0 Å². The van der Waals surface area contributed by atoms with Crippen LogP contribution in [0.25, 0.3) is 0 Å². The number of amides is 2. The summed E-state index contributed by atoms with van der Waals surface area (Å²) in [5.74, 6) is -0.416. The number of alkyl halides is 1. The van der Waals surface area contributed by atoms with Crippen LogP contribution in [0.2, 0.25) is 0 Å². The third-order valence-corrected chi connectivity index (χ3v) is 6.62. The van der Waals surface area contributed by atoms with Crippen LogP contribution in [-0.4, -0.2) is 28.6 Å². The molecule has 0 N–H and O–H groups in total. The van der Waals surface area contributed by atoms with Gasteiger partial charge >= 0.3 is 0 Å². The summed E-state index contributed by atoms with van der Waals surface area (Å²) in [6.07, 6.45) is 0.798. The van der Waals surface area contributed by atoms with Crippen LogP contribution in [0, 0.1) is 11.8 Å². The number of carbonyl (C=O) groups is 2. The number of imide groups is 1. The van der Waals surface area contributed by atoms with Gasteiger partial charge in [0.2, 0.25) is 11.8 Å². The fourth-order valence-corrected chi connectivity index (χ4v) is 5.43. The first kappa shape index (κ1) is 15.3. The molecule has 4 aliphatic rings. The van der Waals surface area contributed by atoms with Crippen LogP contribution in [0.5, 0.6) is 0 Å². The number of carbonyl (C=O) groups excluding carboxylic acids is 2. The Morgan fingerprint density at radius 1 is 0.760 bits per heavy atom. The molecule has 2 aromatic rings. The van der Waals surface area contributed by atoms with Gasteiger partial charge in [0.15, 0.2) is 0 Å². The van der Waals surface area contributed by atoms with E-state index in [0.29, 0.717) is 6.54 Å². The predicted octanol–water partition coefficient (Wildman–Crippen LogP) is 3.66. The van der Waals surface area contributed by atoms with Gasteiger partial charge in [0.05, 0.1) is 11.8 Å². The van der Waals surface area contributed by atoms with Crippen molar-refractivity contribution in [3.8, 4) is 0 Å². The Balaban J connectivity index is 1.70. The van der Waals surface area contributed by atoms with Crippen molar-refractivity contribution >= 4 is 27.7 Å². The lowest BCUT2D eigenvalue weighted by Gasteiger charge is -2.45. The second-order valence-corrected chi connectivity index (χ2v) is 7.93. The molecule has 0 radical (unpaired) electrons. The minimum atomic E-state index is -0.238. The molecule has 1 fully saturated rings. The van der Waals surface area contributed by atoms with Crippen molar-refractivity contribution in [3.05, 3.63) is 70.8 Å². The van der Waals surface area contributed by atoms with Crippen LogP contribution >= 0.6 is 15.9 Å². The molecule has 0 spiro atoms. The van der Waals surface area contributed by atoms with E-state index in [1.807, 2.05) is 24.3 Å². The van der Waals surface area contributed by atoms with Crippen molar-refractivity contribution in [1.82, 2.24) is 4.90 Å². The molecular weight excluding hydrogens is 378 g/mol. The van der Waals surface area contributed by atoms with Gasteiger partial charge in [0.1, 0.15) is 0 Å². The fourth-order valence-electron chi connectivity index (χ4n) is 5.18. The highest BCUT2D eigenvalue weighted by Gasteiger charge is 2.61. The number of hydrogen-bond donors (Lipinski definition) is 0. The van der Waals surface area contributed by atoms with Crippen molar-refractivity contribution < 1.29 is 9.59 Å². The maximum Gasteiger partial charge on any atom is 0.234 e. The Bertz CT molecular complexity index is 777. The van der Waals surface area contributed by atoms with Crippen LogP contribution in [0.3, 0.4) is 0 Å². The number of nitrogens with zero attached hydrogens (tertiary/aromatic N) is 1. The Kier molecular flexibility index (Phi) is 3.39. The largest absolute Gasteiger partial charge is 0.282 e. The second-order valence-electron chi connectivity index (χ2n) is 7.14. The monoisotopic (exact) mass is 395 g/mol. The molecule has 2 bridgehead atoms. The van der Waals surface area contributed by atoms with Crippen LogP contribution in [0.1, 0.15) is 40.5 Å². The zero-order valence-electron chi connectivity index (χ0n) is 13.7. The fraction of sp³-hybridized carbons (Fsp3) is 0.333. The Morgan fingerprint density at radius 3 is 1.52 bits per heavy atom. The van der Waals surface area contributed by atoms with Crippen molar-refractivity contribution in [2.75, 3.05) is 11.9 Å². The van der Waals surface area contributed by atoms with E-state index in [4.69, 9.17) is 0 Å². The molecule has 4 heteroatoms. The maximum atomic E-state index is 13.2. The topological polar surface area (TPSA) is 37.4 Å². The first-order valence-corrected chi connectivity index (χ1v) is 9.95. The second kappa shape index (κ2) is 5.53. The van der Waals surface area contributed by atoms with Crippen LogP contribution in [0.4, 0.5) is 0 Å². The van der Waals surface area contributed by atoms with Gasteiger partial charge in [-0.25, -0.2) is 0 Å². The van der Waals surface area contributed by atoms with Crippen molar-refractivity contribution in [2.24, 2.45) is 11.8 Å². The SMILES string of the molecule is O=C1C2C3c4ccccc4C(c4ccccc43)[C@H]2C(=O)N1CCCBr. The number of likely N-dealkylation sites (tertiary alicyclic amines) is 1. The van der Waals surface area contributed by atoms with Gasteiger partial charge in [-0.1, -0.05) is 64.5 Å². The Hall–Kier alpha value is -1.94. The summed E-state index contributed by atoms with van der Waals surface area (Å²) >= 11 is 3.41. The standard InChI is InChI=1S/C21H18BrNO2/c22-10-5-11-23-20(24)18-16-12-6-1-2-7-13(12)17(19(18)21(23)25)15-9-4-3-8-14(15)16/h1-4,6-9,16-19H,5,10-11H2/t16?,17?,18-,19?/m1/s1. The van der Waals surface area contributed by atoms with Gasteiger partial charge < -0.3 is 0 Å². The summed E-state index contributed by atoms with van der Waals surface area (Å²) in [6, 6.07) is 16.7. The number of benzene rings is 2. The van der Waals surface area contributed by atoms with Gasteiger partial charge in [0.25, 0.3) is 0 Å². The summed E-state index contributed by atoms with van der Waals surface area (Å²) in [5, 5.41) is 0.798. The molecule has 2 aromatic carbocycles. The summed E-state index contributed by atoms with van der Waals surface area (Å²) in [5.41, 5.74) is 4.93. The number of halogens is 1. The highest BCUT2D eigenvalue weighted by atomic mass is 79.9. The maximum absolute atomic E-state index is 13.2. The first-order chi connectivity index (χ1) is 12.2. The van der Waals surface area contributed by atoms with E-state index in [1.165, 1.54) is 27.2 Å². The third kappa shape index (κ3) is 1.92. The van der Waals surface area contributed by atoms with Gasteiger partial charge in [-0.3, -0.25) is 14.5 Å². The molecular formula is C21H18BrNO2. The first-order valence-electron chi connectivity index (χ1n) is 8.83. The van der Waals surface area contributed by atoms with E-state index in [0.717, 1.165) is 11.8 Å². The zero-order chi connectivity index (χ0) is 17.1. The lowest BCUT2D eigenvalue weighted by molar-refractivity contribution is -0.139. The molecule has 1 unspecified atom stereocenters. The lowest BCUT2D eigenvalue weighted by Crippen LogP contribution is -2.41. The molecule has 25 heavy (non-hydrogen) atoms. The predicted molar refractivity (Wildman–Crippen MR) is 98.7 cm³/mol. The molecule has 1 aliphatic heterocycles. The van der Waals surface area contributed by atoms with E-state index in [2.05, 4.69) is 40.2 Å². The van der Waals surface area contributed by atoms with Gasteiger partial charge in [-0.05, 0) is 28.7 Å². The van der Waals surface area contributed by atoms with Crippen LogP contribution in [0.15, 0.2) is 48.5 Å². The van der Waals surface area contributed by atoms with Gasteiger partial charge in [0, 0.05) is 23.7 Å². The van der Waals surface area contributed by atoms with Crippen molar-refractivity contribution in [1.29, 1.82) is 0 Å². The molecule has 2 amide bonds. The lowest BCUT2D eigenvalue weighted by atomic mass is 9.55. The summed E-state index contributed by atoms with van der Waals surface area (Å²) < 4.78 is 0. The van der Waals surface area contributed by atoms with Crippen molar-refractivity contribution in [2.45, 2.75) is 18.3 Å². The summed E-state index contributed by atoms with van der Waals surface area (Å²) in [6.45, 7) is 0.516.